The lowest BCUT2D eigenvalue weighted by Gasteiger charge is -2.72. The Kier molecular flexibility index (Phi) is 12.2. The molecule has 4 saturated carbocycles. The van der Waals surface area contributed by atoms with E-state index in [1.807, 2.05) is 18.2 Å². The second kappa shape index (κ2) is 15.6. The molecule has 0 bridgehead atoms. The number of aliphatic carboxylic acids is 1. The van der Waals surface area contributed by atoms with Crippen molar-refractivity contribution in [2.24, 2.45) is 56.2 Å². The molecule has 1 aromatic rings. The number of esters is 1. The predicted octanol–water partition coefficient (Wildman–Crippen LogP) is 9.46. The highest BCUT2D eigenvalue weighted by atomic mass is 35.5. The molecule has 1 aromatic carbocycles. The van der Waals surface area contributed by atoms with Crippen LogP contribution in [-0.4, -0.2) is 83.7 Å². The topological polar surface area (TPSA) is 107 Å². The molecule has 57 heavy (non-hydrogen) atoms. The third kappa shape index (κ3) is 7.58. The van der Waals surface area contributed by atoms with E-state index >= 15 is 0 Å². The van der Waals surface area contributed by atoms with Crippen molar-refractivity contribution >= 4 is 29.3 Å². The number of ether oxygens (including phenoxy) is 1. The van der Waals surface area contributed by atoms with Gasteiger partial charge >= 0.3 is 11.9 Å². The number of carbonyl (C=O) groups is 3. The summed E-state index contributed by atoms with van der Waals surface area (Å²) in [5, 5.41) is 23.1. The summed E-state index contributed by atoms with van der Waals surface area (Å²) in [6.45, 7) is 22.6. The highest BCUT2D eigenvalue weighted by molar-refractivity contribution is 6.30. The number of ketones is 1. The summed E-state index contributed by atoms with van der Waals surface area (Å²) in [4.78, 5) is 43.8. The van der Waals surface area contributed by atoms with Gasteiger partial charge in [0.15, 0.2) is 5.78 Å². The van der Waals surface area contributed by atoms with Crippen LogP contribution < -0.4 is 0 Å². The molecule has 0 aromatic heterocycles. The van der Waals surface area contributed by atoms with E-state index in [4.69, 9.17) is 16.3 Å². The fraction of sp³-hybridized carbons (Fsp3) is 0.771. The van der Waals surface area contributed by atoms with E-state index in [9.17, 15) is 24.6 Å². The number of benzene rings is 1. The maximum absolute atomic E-state index is 14.3. The zero-order valence-electron chi connectivity index (χ0n) is 37.0. The number of halogens is 1. The smallest absolute Gasteiger partial charge is 0.309 e. The van der Waals surface area contributed by atoms with Crippen LogP contribution in [0.2, 0.25) is 5.02 Å². The molecule has 0 saturated heterocycles. The Hall–Kier alpha value is -2.26. The Labute approximate surface area is 348 Å². The van der Waals surface area contributed by atoms with Gasteiger partial charge in [0, 0.05) is 48.5 Å². The standard InChI is InChI=1S/C48H73ClN2O6/c1-30(2)40-34(52)26-48(37(53)29-51(24-23-50(10)11)28-31-13-12-14-32(49)25-31)22-21-46(8)33(41(40)48)15-16-36-45(7)19-18-38(57-39(54)27-43(3,4)42(55)56)44(5,6)35(45)17-20-47(36,46)9/h12-14,25,30,33,35-38,53H,15-24,26-29H2,1-11H3,(H,55,56)/t33-,35-,36+,37+,38-,45+,46+,47-,48+/m0/s1. The van der Waals surface area contributed by atoms with Gasteiger partial charge in [-0.05, 0) is 142 Å². The average molecular weight is 810 g/mol. The fourth-order valence-corrected chi connectivity index (χ4v) is 14.0. The molecule has 9 heteroatoms. The molecule has 0 unspecified atom stereocenters. The molecule has 2 N–H and O–H groups in total. The third-order valence-corrected chi connectivity index (χ3v) is 17.3. The maximum atomic E-state index is 14.3. The van der Waals surface area contributed by atoms with E-state index in [0.29, 0.717) is 36.4 Å². The van der Waals surface area contributed by atoms with Gasteiger partial charge in [-0.3, -0.25) is 19.3 Å². The zero-order chi connectivity index (χ0) is 42.1. The molecule has 5 aliphatic carbocycles. The normalized spacial score (nSPS) is 35.5. The molecule has 0 spiro atoms. The van der Waals surface area contributed by atoms with Crippen molar-refractivity contribution in [3.63, 3.8) is 0 Å². The minimum Gasteiger partial charge on any atom is -0.481 e. The summed E-state index contributed by atoms with van der Waals surface area (Å²) in [6, 6.07) is 8.00. The van der Waals surface area contributed by atoms with Crippen LogP contribution in [0.25, 0.3) is 0 Å². The molecule has 0 amide bonds. The molecular weight excluding hydrogens is 736 g/mol. The van der Waals surface area contributed by atoms with Crippen molar-refractivity contribution in [2.45, 2.75) is 145 Å². The molecule has 4 fully saturated rings. The van der Waals surface area contributed by atoms with Crippen LogP contribution >= 0.6 is 11.6 Å². The summed E-state index contributed by atoms with van der Waals surface area (Å²) < 4.78 is 6.20. The number of fused-ring (bicyclic) bond motifs is 7. The number of aliphatic hydroxyl groups is 1. The van der Waals surface area contributed by atoms with Crippen LogP contribution in [0.15, 0.2) is 35.4 Å². The van der Waals surface area contributed by atoms with Crippen LogP contribution in [0.4, 0.5) is 0 Å². The van der Waals surface area contributed by atoms with Crippen LogP contribution in [-0.2, 0) is 25.7 Å². The lowest BCUT2D eigenvalue weighted by molar-refractivity contribution is -0.235. The minimum atomic E-state index is -1.17. The first-order chi connectivity index (χ1) is 26.4. The lowest BCUT2D eigenvalue weighted by Crippen LogP contribution is -2.66. The van der Waals surface area contributed by atoms with Crippen LogP contribution in [0.5, 0.6) is 0 Å². The van der Waals surface area contributed by atoms with Crippen molar-refractivity contribution in [2.75, 3.05) is 33.7 Å². The van der Waals surface area contributed by atoms with Gasteiger partial charge in [0.2, 0.25) is 0 Å². The van der Waals surface area contributed by atoms with Crippen LogP contribution in [0.1, 0.15) is 132 Å². The monoisotopic (exact) mass is 809 g/mol. The van der Waals surface area contributed by atoms with E-state index in [1.165, 1.54) is 5.57 Å². The minimum absolute atomic E-state index is 0.0333. The molecule has 8 nitrogen and oxygen atoms in total. The number of likely N-dealkylation sites (N-methyl/N-ethyl adjacent to an activating group) is 1. The van der Waals surface area contributed by atoms with Crippen LogP contribution in [0, 0.1) is 56.2 Å². The fourth-order valence-electron chi connectivity index (χ4n) is 13.8. The summed E-state index contributed by atoms with van der Waals surface area (Å²) in [5.41, 5.74) is 1.48. The third-order valence-electron chi connectivity index (χ3n) is 17.1. The average Bonchev–Trinajstić information content (AvgIpc) is 3.42. The van der Waals surface area contributed by atoms with Gasteiger partial charge < -0.3 is 19.8 Å². The summed E-state index contributed by atoms with van der Waals surface area (Å²) in [5.74, 6) is -0.00895. The van der Waals surface area contributed by atoms with Crippen LogP contribution in [0.3, 0.4) is 0 Å². The Morgan fingerprint density at radius 3 is 2.28 bits per heavy atom. The summed E-state index contributed by atoms with van der Waals surface area (Å²) in [6.07, 6.45) is 7.11. The molecule has 0 aliphatic heterocycles. The van der Waals surface area contributed by atoms with Gasteiger partial charge in [0.25, 0.3) is 0 Å². The second-order valence-corrected chi connectivity index (χ2v) is 22.2. The number of Topliss-reactive ketones (excluding diaryl/α,β-unsaturated/α-hetero) is 1. The first-order valence-electron chi connectivity index (χ1n) is 21.9. The summed E-state index contributed by atoms with van der Waals surface area (Å²) in [7, 11) is 4.16. The Balaban J connectivity index is 1.29. The quantitative estimate of drug-likeness (QED) is 0.190. The number of carboxylic acids is 1. The largest absolute Gasteiger partial charge is 0.481 e. The van der Waals surface area contributed by atoms with Crippen molar-refractivity contribution < 1.29 is 29.3 Å². The van der Waals surface area contributed by atoms with Crippen molar-refractivity contribution in [3.8, 4) is 0 Å². The SMILES string of the molecule is CC(C)C1=C2[C@@H]3CC[C@@H]4[C@]5(C)CC[C@H](OC(=O)CC(C)(C)C(=O)O)C(C)(C)[C@@H]5CC[C@]4(C)[C@]3(C)CC[C@]2([C@H](O)CN(CCN(C)C)Cc2cccc(Cl)c2)CC1=O. The number of allylic oxidation sites excluding steroid dienone is 1. The van der Waals surface area contributed by atoms with E-state index in [2.05, 4.69) is 78.4 Å². The summed E-state index contributed by atoms with van der Waals surface area (Å²) >= 11 is 6.41. The number of hydrogen-bond donors (Lipinski definition) is 2. The van der Waals surface area contributed by atoms with E-state index in [1.54, 1.807) is 13.8 Å². The van der Waals surface area contributed by atoms with Gasteiger partial charge in [-0.1, -0.05) is 77.8 Å². The molecule has 6 rings (SSSR count). The Morgan fingerprint density at radius 1 is 0.947 bits per heavy atom. The van der Waals surface area contributed by atoms with Gasteiger partial charge in [-0.25, -0.2) is 0 Å². The predicted molar refractivity (Wildman–Crippen MR) is 227 cm³/mol. The highest BCUT2D eigenvalue weighted by Gasteiger charge is 2.71. The lowest BCUT2D eigenvalue weighted by atomic mass is 9.33. The first-order valence-corrected chi connectivity index (χ1v) is 22.3. The van der Waals surface area contributed by atoms with Gasteiger partial charge in [-0.2, -0.15) is 0 Å². The first kappa shape index (κ1) is 44.3. The molecule has 9 atom stereocenters. The van der Waals surface area contributed by atoms with Gasteiger partial charge in [0.05, 0.1) is 17.9 Å². The van der Waals surface area contributed by atoms with Crippen molar-refractivity contribution in [1.29, 1.82) is 0 Å². The Bertz CT molecular complexity index is 1750. The molecule has 5 aliphatic rings. The number of carboxylic acid groups (broad SMARTS) is 1. The number of carbonyl (C=O) groups excluding carboxylic acids is 2. The number of rotatable bonds is 13. The number of nitrogens with zero attached hydrogens (tertiary/aromatic N) is 2. The number of aliphatic hydroxyl groups excluding tert-OH is 1. The van der Waals surface area contributed by atoms with Gasteiger partial charge in [-0.15, -0.1) is 0 Å². The van der Waals surface area contributed by atoms with E-state index in [-0.39, 0.29) is 51.8 Å². The van der Waals surface area contributed by atoms with E-state index in [0.717, 1.165) is 75.6 Å². The zero-order valence-corrected chi connectivity index (χ0v) is 37.7. The molecular formula is C48H73ClN2O6. The van der Waals surface area contributed by atoms with Crippen molar-refractivity contribution in [1.82, 2.24) is 9.80 Å². The maximum Gasteiger partial charge on any atom is 0.309 e. The van der Waals surface area contributed by atoms with Gasteiger partial charge in [0.1, 0.15) is 6.10 Å². The molecule has 0 heterocycles. The molecule has 0 radical (unpaired) electrons. The second-order valence-electron chi connectivity index (χ2n) is 21.7. The highest BCUT2D eigenvalue weighted by Crippen LogP contribution is 2.77. The van der Waals surface area contributed by atoms with Crippen molar-refractivity contribution in [3.05, 3.63) is 46.0 Å². The Morgan fingerprint density at radius 2 is 1.65 bits per heavy atom. The molecule has 318 valence electrons. The van der Waals surface area contributed by atoms with E-state index < -0.39 is 28.9 Å². The number of hydrogen-bond acceptors (Lipinski definition) is 7.